The first-order valence-electron chi connectivity index (χ1n) is 6.22. The third-order valence-corrected chi connectivity index (χ3v) is 3.17. The second-order valence-corrected chi connectivity index (χ2v) is 5.07. The molecule has 0 spiro atoms. The zero-order valence-electron chi connectivity index (χ0n) is 11.2. The van der Waals surface area contributed by atoms with Gasteiger partial charge in [-0.05, 0) is 38.1 Å². The normalized spacial score (nSPS) is 12.2. The highest BCUT2D eigenvalue weighted by molar-refractivity contribution is 6.31. The summed E-state index contributed by atoms with van der Waals surface area (Å²) in [6.45, 7) is 3.80. The number of amides is 1. The lowest BCUT2D eigenvalue weighted by Gasteiger charge is -2.12. The van der Waals surface area contributed by atoms with Crippen molar-refractivity contribution in [3.63, 3.8) is 0 Å². The van der Waals surface area contributed by atoms with E-state index >= 15 is 0 Å². The first kappa shape index (κ1) is 14.5. The lowest BCUT2D eigenvalue weighted by atomic mass is 10.2. The maximum Gasteiger partial charge on any atom is 0.226 e. The highest BCUT2D eigenvalue weighted by Crippen LogP contribution is 2.20. The Bertz CT molecular complexity index is 627. The first-order chi connectivity index (χ1) is 9.45. The van der Waals surface area contributed by atoms with Gasteiger partial charge >= 0.3 is 0 Å². The van der Waals surface area contributed by atoms with E-state index in [0.29, 0.717) is 5.69 Å². The molecule has 0 saturated heterocycles. The van der Waals surface area contributed by atoms with Gasteiger partial charge in [-0.1, -0.05) is 11.6 Å². The van der Waals surface area contributed by atoms with Gasteiger partial charge < -0.3 is 5.32 Å². The number of aromatic nitrogens is 2. The molecular weight excluding hydrogens is 281 g/mol. The number of nitrogens with one attached hydrogen (secondary N) is 1. The average Bonchev–Trinajstić information content (AvgIpc) is 2.80. The Labute approximate surface area is 121 Å². The van der Waals surface area contributed by atoms with Gasteiger partial charge in [0, 0.05) is 18.3 Å². The Morgan fingerprint density at radius 1 is 1.50 bits per heavy atom. The molecule has 6 heteroatoms. The van der Waals surface area contributed by atoms with Gasteiger partial charge in [-0.3, -0.25) is 9.48 Å². The number of anilines is 1. The Hall–Kier alpha value is -1.88. The van der Waals surface area contributed by atoms with Gasteiger partial charge in [0.2, 0.25) is 5.91 Å². The van der Waals surface area contributed by atoms with E-state index in [1.54, 1.807) is 4.68 Å². The predicted molar refractivity (Wildman–Crippen MR) is 76.3 cm³/mol. The molecule has 1 N–H and O–H groups in total. The second-order valence-electron chi connectivity index (χ2n) is 4.67. The SMILES string of the molecule is Cc1ccn([C@@H](C)CC(=O)Nc2ccc(F)c(Cl)c2)n1. The smallest absolute Gasteiger partial charge is 0.226 e. The third-order valence-electron chi connectivity index (χ3n) is 2.88. The van der Waals surface area contributed by atoms with E-state index < -0.39 is 5.82 Å². The van der Waals surface area contributed by atoms with Crippen LogP contribution >= 0.6 is 11.6 Å². The van der Waals surface area contributed by atoms with Crippen LogP contribution in [0.25, 0.3) is 0 Å². The number of nitrogens with zero attached hydrogens (tertiary/aromatic N) is 2. The molecular formula is C14H15ClFN3O. The molecule has 0 unspecified atom stereocenters. The fourth-order valence-electron chi connectivity index (χ4n) is 1.83. The molecule has 0 bridgehead atoms. The van der Waals surface area contributed by atoms with Crippen LogP contribution in [0.1, 0.15) is 25.1 Å². The highest BCUT2D eigenvalue weighted by atomic mass is 35.5. The average molecular weight is 296 g/mol. The number of aryl methyl sites for hydroxylation is 1. The molecule has 0 aliphatic heterocycles. The Balaban J connectivity index is 1.96. The van der Waals surface area contributed by atoms with Crippen LogP contribution in [-0.4, -0.2) is 15.7 Å². The largest absolute Gasteiger partial charge is 0.326 e. The lowest BCUT2D eigenvalue weighted by Crippen LogP contribution is -2.18. The lowest BCUT2D eigenvalue weighted by molar-refractivity contribution is -0.116. The van der Waals surface area contributed by atoms with E-state index in [2.05, 4.69) is 10.4 Å². The molecule has 0 aliphatic rings. The van der Waals surface area contributed by atoms with Gasteiger partial charge in [0.05, 0.1) is 16.8 Å². The van der Waals surface area contributed by atoms with Crippen molar-refractivity contribution in [3.8, 4) is 0 Å². The molecule has 2 aromatic rings. The number of halogens is 2. The van der Waals surface area contributed by atoms with Crippen molar-refractivity contribution in [3.05, 3.63) is 47.0 Å². The summed E-state index contributed by atoms with van der Waals surface area (Å²) in [6, 6.07) is 5.91. The number of hydrogen-bond acceptors (Lipinski definition) is 2. The molecule has 1 aromatic heterocycles. The first-order valence-corrected chi connectivity index (χ1v) is 6.60. The fraction of sp³-hybridized carbons (Fsp3) is 0.286. The van der Waals surface area contributed by atoms with Crippen molar-refractivity contribution in [2.45, 2.75) is 26.3 Å². The topological polar surface area (TPSA) is 46.9 Å². The molecule has 1 aromatic carbocycles. The predicted octanol–water partition coefficient (Wildman–Crippen LogP) is 3.57. The molecule has 20 heavy (non-hydrogen) atoms. The van der Waals surface area contributed by atoms with Crippen molar-refractivity contribution < 1.29 is 9.18 Å². The minimum atomic E-state index is -0.509. The third kappa shape index (κ3) is 3.57. The van der Waals surface area contributed by atoms with Crippen molar-refractivity contribution in [2.75, 3.05) is 5.32 Å². The molecule has 0 aliphatic carbocycles. The van der Waals surface area contributed by atoms with Crippen LogP contribution in [0.5, 0.6) is 0 Å². The Kier molecular flexibility index (Phi) is 4.39. The molecule has 106 valence electrons. The van der Waals surface area contributed by atoms with Gasteiger partial charge in [0.25, 0.3) is 0 Å². The van der Waals surface area contributed by atoms with Crippen LogP contribution in [0.3, 0.4) is 0 Å². The van der Waals surface area contributed by atoms with Crippen LogP contribution in [0.15, 0.2) is 30.5 Å². The van der Waals surface area contributed by atoms with Crippen molar-refractivity contribution >= 4 is 23.2 Å². The van der Waals surface area contributed by atoms with E-state index in [0.717, 1.165) is 5.69 Å². The minimum absolute atomic E-state index is 0.0152. The van der Waals surface area contributed by atoms with Gasteiger partial charge in [-0.25, -0.2) is 4.39 Å². The Morgan fingerprint density at radius 2 is 2.25 bits per heavy atom. The zero-order valence-corrected chi connectivity index (χ0v) is 12.0. The summed E-state index contributed by atoms with van der Waals surface area (Å²) in [4.78, 5) is 11.9. The maximum absolute atomic E-state index is 13.0. The van der Waals surface area contributed by atoms with E-state index in [4.69, 9.17) is 11.6 Å². The monoisotopic (exact) mass is 295 g/mol. The number of carbonyl (C=O) groups excluding carboxylic acids is 1. The van der Waals surface area contributed by atoms with Gasteiger partial charge in [-0.2, -0.15) is 5.10 Å². The van der Waals surface area contributed by atoms with Crippen LogP contribution < -0.4 is 5.32 Å². The molecule has 2 rings (SSSR count). The molecule has 0 radical (unpaired) electrons. The summed E-state index contributed by atoms with van der Waals surface area (Å²) in [5.41, 5.74) is 1.38. The van der Waals surface area contributed by atoms with Gasteiger partial charge in [-0.15, -0.1) is 0 Å². The summed E-state index contributed by atoms with van der Waals surface area (Å²) < 4.78 is 14.8. The van der Waals surface area contributed by atoms with Crippen molar-refractivity contribution in [2.24, 2.45) is 0 Å². The molecule has 0 fully saturated rings. The van der Waals surface area contributed by atoms with Crippen LogP contribution in [0, 0.1) is 12.7 Å². The summed E-state index contributed by atoms with van der Waals surface area (Å²) in [7, 11) is 0. The standard InChI is InChI=1S/C14H15ClFN3O/c1-9-5-6-19(18-9)10(2)7-14(20)17-11-3-4-13(16)12(15)8-11/h3-6,8,10H,7H2,1-2H3,(H,17,20)/t10-/m0/s1. The van der Waals surface area contributed by atoms with Crippen molar-refractivity contribution in [1.29, 1.82) is 0 Å². The second kappa shape index (κ2) is 6.05. The van der Waals surface area contributed by atoms with E-state index in [-0.39, 0.29) is 23.4 Å². The van der Waals surface area contributed by atoms with E-state index in [9.17, 15) is 9.18 Å². The van der Waals surface area contributed by atoms with Gasteiger partial charge in [0.1, 0.15) is 5.82 Å². The number of carbonyl (C=O) groups is 1. The molecule has 1 amide bonds. The quantitative estimate of drug-likeness (QED) is 0.937. The van der Waals surface area contributed by atoms with Crippen LogP contribution in [0.2, 0.25) is 5.02 Å². The molecule has 4 nitrogen and oxygen atoms in total. The van der Waals surface area contributed by atoms with E-state index in [1.165, 1.54) is 18.2 Å². The highest BCUT2D eigenvalue weighted by Gasteiger charge is 2.12. The maximum atomic E-state index is 13.0. The van der Waals surface area contributed by atoms with Crippen LogP contribution in [0.4, 0.5) is 10.1 Å². The summed E-state index contributed by atoms with van der Waals surface area (Å²) in [5, 5.41) is 6.93. The molecule has 0 saturated carbocycles. The van der Waals surface area contributed by atoms with Crippen molar-refractivity contribution in [1.82, 2.24) is 9.78 Å². The summed E-state index contributed by atoms with van der Waals surface area (Å²) in [6.07, 6.45) is 2.11. The number of hydrogen-bond donors (Lipinski definition) is 1. The number of benzene rings is 1. The summed E-state index contributed by atoms with van der Waals surface area (Å²) in [5.74, 6) is -0.682. The molecule has 1 heterocycles. The van der Waals surface area contributed by atoms with E-state index in [1.807, 2.05) is 26.1 Å². The molecule has 1 atom stereocenters. The summed E-state index contributed by atoms with van der Waals surface area (Å²) >= 11 is 5.66. The Morgan fingerprint density at radius 3 is 2.85 bits per heavy atom. The van der Waals surface area contributed by atoms with Crippen LogP contribution in [-0.2, 0) is 4.79 Å². The number of rotatable bonds is 4. The zero-order chi connectivity index (χ0) is 14.7. The fourth-order valence-corrected chi connectivity index (χ4v) is 2.01. The van der Waals surface area contributed by atoms with Gasteiger partial charge in [0.15, 0.2) is 0 Å². The minimum Gasteiger partial charge on any atom is -0.326 e.